The van der Waals surface area contributed by atoms with Crippen LogP contribution in [0.4, 0.5) is 17.3 Å². The SMILES string of the molecule is CS(=O)(=O)Nc1ccc(Nc2ncc3cnn(C4CCc5c(O)cccc54)c3n2)cc1. The van der Waals surface area contributed by atoms with Gasteiger partial charge in [-0.2, -0.15) is 10.1 Å². The van der Waals surface area contributed by atoms with E-state index in [2.05, 4.69) is 25.1 Å². The fraction of sp³-hybridized carbons (Fsp3) is 0.190. The average Bonchev–Trinajstić information content (AvgIpc) is 3.33. The Morgan fingerprint density at radius 3 is 2.65 bits per heavy atom. The zero-order chi connectivity index (χ0) is 21.6. The molecule has 3 N–H and O–H groups in total. The molecule has 2 heterocycles. The molecule has 0 saturated carbocycles. The molecule has 0 saturated heterocycles. The summed E-state index contributed by atoms with van der Waals surface area (Å²) >= 11 is 0. The van der Waals surface area contributed by atoms with Crippen LogP contribution in [-0.2, 0) is 16.4 Å². The average molecular weight is 436 g/mol. The molecular formula is C21H20N6O3S. The lowest BCUT2D eigenvalue weighted by Gasteiger charge is -2.14. The van der Waals surface area contributed by atoms with Crippen LogP contribution < -0.4 is 10.0 Å². The van der Waals surface area contributed by atoms with Crippen LogP contribution in [0.3, 0.4) is 0 Å². The molecule has 158 valence electrons. The van der Waals surface area contributed by atoms with E-state index in [-0.39, 0.29) is 6.04 Å². The molecule has 0 radical (unpaired) electrons. The Labute approximate surface area is 178 Å². The number of aromatic hydroxyl groups is 1. The number of nitrogens with zero attached hydrogens (tertiary/aromatic N) is 4. The number of phenolic OH excluding ortho intramolecular Hbond substituents is 1. The Morgan fingerprint density at radius 2 is 1.87 bits per heavy atom. The van der Waals surface area contributed by atoms with E-state index >= 15 is 0 Å². The molecule has 0 fully saturated rings. The van der Waals surface area contributed by atoms with Gasteiger partial charge >= 0.3 is 0 Å². The van der Waals surface area contributed by atoms with E-state index in [1.165, 1.54) is 0 Å². The van der Waals surface area contributed by atoms with E-state index in [0.717, 1.165) is 41.3 Å². The summed E-state index contributed by atoms with van der Waals surface area (Å²) in [6.45, 7) is 0. The van der Waals surface area contributed by atoms with Crippen molar-refractivity contribution in [2.24, 2.45) is 0 Å². The largest absolute Gasteiger partial charge is 0.508 e. The lowest BCUT2D eigenvalue weighted by molar-refractivity contribution is 0.469. The number of rotatable bonds is 5. The summed E-state index contributed by atoms with van der Waals surface area (Å²) in [6, 6.07) is 12.4. The second kappa shape index (κ2) is 7.24. The summed E-state index contributed by atoms with van der Waals surface area (Å²) in [7, 11) is -3.32. The van der Waals surface area contributed by atoms with Crippen LogP contribution in [0.1, 0.15) is 23.6 Å². The fourth-order valence-corrected chi connectivity index (χ4v) is 4.52. The zero-order valence-electron chi connectivity index (χ0n) is 16.6. The maximum Gasteiger partial charge on any atom is 0.229 e. The van der Waals surface area contributed by atoms with Crippen LogP contribution in [0.25, 0.3) is 11.0 Å². The van der Waals surface area contributed by atoms with Gasteiger partial charge in [0.1, 0.15) is 5.75 Å². The molecule has 0 amide bonds. The van der Waals surface area contributed by atoms with Gasteiger partial charge in [-0.1, -0.05) is 12.1 Å². The van der Waals surface area contributed by atoms with E-state index in [4.69, 9.17) is 0 Å². The summed E-state index contributed by atoms with van der Waals surface area (Å²) < 4.78 is 27.0. The summed E-state index contributed by atoms with van der Waals surface area (Å²) in [6.07, 6.45) is 6.19. The number of anilines is 3. The quantitative estimate of drug-likeness (QED) is 0.439. The predicted octanol–water partition coefficient (Wildman–Crippen LogP) is 3.18. The maximum atomic E-state index is 11.3. The van der Waals surface area contributed by atoms with E-state index in [0.29, 0.717) is 23.0 Å². The monoisotopic (exact) mass is 436 g/mol. The van der Waals surface area contributed by atoms with Gasteiger partial charge < -0.3 is 10.4 Å². The summed E-state index contributed by atoms with van der Waals surface area (Å²) in [5.41, 5.74) is 3.93. The molecule has 0 aliphatic heterocycles. The topological polar surface area (TPSA) is 122 Å². The first-order valence-corrected chi connectivity index (χ1v) is 11.6. The molecule has 1 aliphatic carbocycles. The predicted molar refractivity (Wildman–Crippen MR) is 118 cm³/mol. The molecule has 1 unspecified atom stereocenters. The van der Waals surface area contributed by atoms with E-state index in [1.54, 1.807) is 42.7 Å². The smallest absolute Gasteiger partial charge is 0.229 e. The third kappa shape index (κ3) is 3.77. The molecule has 1 aliphatic rings. The molecule has 9 nitrogen and oxygen atoms in total. The highest BCUT2D eigenvalue weighted by molar-refractivity contribution is 7.92. The molecule has 31 heavy (non-hydrogen) atoms. The van der Waals surface area contributed by atoms with Crippen molar-refractivity contribution in [2.75, 3.05) is 16.3 Å². The molecule has 1 atom stereocenters. The summed E-state index contributed by atoms with van der Waals surface area (Å²) in [5, 5.41) is 18.7. The van der Waals surface area contributed by atoms with Gasteiger partial charge in [0, 0.05) is 17.6 Å². The van der Waals surface area contributed by atoms with Gasteiger partial charge in [0.15, 0.2) is 5.65 Å². The normalized spacial score (nSPS) is 15.7. The first kappa shape index (κ1) is 19.3. The molecule has 2 aromatic carbocycles. The van der Waals surface area contributed by atoms with Crippen molar-refractivity contribution in [1.29, 1.82) is 0 Å². The van der Waals surface area contributed by atoms with Gasteiger partial charge in [0.25, 0.3) is 0 Å². The molecule has 4 aromatic rings. The Bertz CT molecular complexity index is 1380. The van der Waals surface area contributed by atoms with Gasteiger partial charge in [0.05, 0.1) is 23.9 Å². The van der Waals surface area contributed by atoms with Crippen molar-refractivity contribution in [3.8, 4) is 5.75 Å². The number of benzene rings is 2. The van der Waals surface area contributed by atoms with Crippen LogP contribution in [0.5, 0.6) is 5.75 Å². The van der Waals surface area contributed by atoms with E-state index in [9.17, 15) is 13.5 Å². The van der Waals surface area contributed by atoms with Crippen molar-refractivity contribution in [3.05, 3.63) is 66.0 Å². The van der Waals surface area contributed by atoms with Crippen molar-refractivity contribution in [3.63, 3.8) is 0 Å². The molecule has 0 spiro atoms. The van der Waals surface area contributed by atoms with Crippen LogP contribution in [0.2, 0.25) is 0 Å². The fourth-order valence-electron chi connectivity index (χ4n) is 3.96. The van der Waals surface area contributed by atoms with E-state index < -0.39 is 10.0 Å². The Kier molecular flexibility index (Phi) is 4.51. The first-order valence-electron chi connectivity index (χ1n) is 9.73. The van der Waals surface area contributed by atoms with Gasteiger partial charge in [-0.3, -0.25) is 4.72 Å². The number of aromatic nitrogens is 4. The standard InChI is InChI=1S/C21H20N6O3S/c1-31(29,30)26-15-7-5-14(6-8-15)24-21-22-11-13-12-23-27(20(13)25-21)18-10-9-17-16(18)3-2-4-19(17)28/h2-8,11-12,18,26,28H,9-10H2,1H3,(H,22,24,25). The first-order chi connectivity index (χ1) is 14.9. The lowest BCUT2D eigenvalue weighted by atomic mass is 10.1. The Morgan fingerprint density at radius 1 is 1.10 bits per heavy atom. The van der Waals surface area contributed by atoms with Gasteiger partial charge in [-0.25, -0.2) is 18.1 Å². The van der Waals surface area contributed by atoms with E-state index in [1.807, 2.05) is 16.8 Å². The number of fused-ring (bicyclic) bond motifs is 2. The van der Waals surface area contributed by atoms with Crippen molar-refractivity contribution in [1.82, 2.24) is 19.7 Å². The highest BCUT2D eigenvalue weighted by Crippen LogP contribution is 2.39. The number of hydrogen-bond donors (Lipinski definition) is 3. The van der Waals surface area contributed by atoms with Crippen LogP contribution >= 0.6 is 0 Å². The van der Waals surface area contributed by atoms with Gasteiger partial charge in [0.2, 0.25) is 16.0 Å². The van der Waals surface area contributed by atoms with Crippen molar-refractivity contribution in [2.45, 2.75) is 18.9 Å². The third-order valence-corrected chi connectivity index (χ3v) is 5.89. The van der Waals surface area contributed by atoms with Gasteiger partial charge in [-0.05, 0) is 54.3 Å². The number of phenols is 1. The molecule has 0 bridgehead atoms. The van der Waals surface area contributed by atoms with Gasteiger partial charge in [-0.15, -0.1) is 0 Å². The number of nitrogens with one attached hydrogen (secondary N) is 2. The zero-order valence-corrected chi connectivity index (χ0v) is 17.5. The number of sulfonamides is 1. The van der Waals surface area contributed by atoms with Crippen molar-refractivity contribution >= 4 is 38.4 Å². The minimum atomic E-state index is -3.32. The molecule has 2 aromatic heterocycles. The summed E-state index contributed by atoms with van der Waals surface area (Å²) in [5.74, 6) is 0.731. The molecule has 10 heteroatoms. The minimum Gasteiger partial charge on any atom is -0.508 e. The highest BCUT2D eigenvalue weighted by Gasteiger charge is 2.28. The second-order valence-corrected chi connectivity index (χ2v) is 9.29. The maximum absolute atomic E-state index is 11.3. The third-order valence-electron chi connectivity index (χ3n) is 5.29. The minimum absolute atomic E-state index is 0.00343. The highest BCUT2D eigenvalue weighted by atomic mass is 32.2. The molecule has 5 rings (SSSR count). The summed E-state index contributed by atoms with van der Waals surface area (Å²) in [4.78, 5) is 9.01. The number of hydrogen-bond acceptors (Lipinski definition) is 7. The Balaban J connectivity index is 1.43. The van der Waals surface area contributed by atoms with Crippen LogP contribution in [0.15, 0.2) is 54.9 Å². The van der Waals surface area contributed by atoms with Crippen LogP contribution in [0, 0.1) is 0 Å². The second-order valence-electron chi connectivity index (χ2n) is 7.54. The van der Waals surface area contributed by atoms with Crippen LogP contribution in [-0.4, -0.2) is 39.5 Å². The Hall–Kier alpha value is -3.66. The van der Waals surface area contributed by atoms with Crippen molar-refractivity contribution < 1.29 is 13.5 Å². The lowest BCUT2D eigenvalue weighted by Crippen LogP contribution is -2.10. The molecular weight excluding hydrogens is 416 g/mol.